The molecule has 0 radical (unpaired) electrons. The molecule has 0 bridgehead atoms. The number of epoxide rings is 1. The van der Waals surface area contributed by atoms with Gasteiger partial charge in [0.15, 0.2) is 0 Å². The Labute approximate surface area is 149 Å². The third-order valence-electron chi connectivity index (χ3n) is 4.91. The number of carbonyl (C=O) groups is 1. The van der Waals surface area contributed by atoms with Crippen molar-refractivity contribution >= 4 is 5.97 Å². The smallest absolute Gasteiger partial charge is 0.338 e. The molecule has 1 aromatic carbocycles. The van der Waals surface area contributed by atoms with Gasteiger partial charge in [0, 0.05) is 0 Å². The molecule has 1 aliphatic rings. The first-order valence-electron chi connectivity index (χ1n) is 8.70. The fourth-order valence-electron chi connectivity index (χ4n) is 2.98. The molecule has 0 saturated carbocycles. The SMILES string of the molecule is C=CCC[C@](C)(O)[C@H](CCC1(C)OC1CO)OC(=O)c1ccccc1. The highest BCUT2D eigenvalue weighted by atomic mass is 16.6. The van der Waals surface area contributed by atoms with Crippen molar-refractivity contribution in [1.29, 1.82) is 0 Å². The topological polar surface area (TPSA) is 79.3 Å². The molecular formula is C20H28O5. The molecular weight excluding hydrogens is 320 g/mol. The number of aliphatic hydroxyl groups excluding tert-OH is 1. The highest BCUT2D eigenvalue weighted by Gasteiger charge is 2.52. The molecule has 1 fully saturated rings. The van der Waals surface area contributed by atoms with E-state index in [4.69, 9.17) is 9.47 Å². The van der Waals surface area contributed by atoms with Crippen LogP contribution in [0.1, 0.15) is 49.9 Å². The van der Waals surface area contributed by atoms with Crippen LogP contribution in [0, 0.1) is 0 Å². The Morgan fingerprint density at radius 3 is 2.72 bits per heavy atom. The van der Waals surface area contributed by atoms with Gasteiger partial charge < -0.3 is 19.7 Å². The minimum absolute atomic E-state index is 0.0299. The maximum atomic E-state index is 12.4. The molecule has 1 heterocycles. The molecule has 5 heteroatoms. The number of hydrogen-bond acceptors (Lipinski definition) is 5. The van der Waals surface area contributed by atoms with Crippen LogP contribution in [0.15, 0.2) is 43.0 Å². The average molecular weight is 348 g/mol. The molecule has 1 aromatic rings. The third-order valence-corrected chi connectivity index (χ3v) is 4.91. The Kier molecular flexibility index (Phi) is 6.38. The van der Waals surface area contributed by atoms with Gasteiger partial charge in [0.1, 0.15) is 12.2 Å². The number of benzene rings is 1. The minimum atomic E-state index is -1.17. The zero-order valence-corrected chi connectivity index (χ0v) is 15.0. The van der Waals surface area contributed by atoms with Crippen molar-refractivity contribution in [3.63, 3.8) is 0 Å². The highest BCUT2D eigenvalue weighted by Crippen LogP contribution is 2.41. The Morgan fingerprint density at radius 1 is 1.48 bits per heavy atom. The van der Waals surface area contributed by atoms with E-state index in [-0.39, 0.29) is 12.7 Å². The lowest BCUT2D eigenvalue weighted by atomic mass is 9.87. The van der Waals surface area contributed by atoms with Crippen molar-refractivity contribution in [2.45, 2.75) is 62.9 Å². The summed E-state index contributed by atoms with van der Waals surface area (Å²) in [7, 11) is 0. The van der Waals surface area contributed by atoms with Crippen molar-refractivity contribution < 1.29 is 24.5 Å². The van der Waals surface area contributed by atoms with Gasteiger partial charge in [-0.05, 0) is 51.7 Å². The molecule has 1 saturated heterocycles. The van der Waals surface area contributed by atoms with Crippen LogP contribution in [-0.4, -0.2) is 46.2 Å². The minimum Gasteiger partial charge on any atom is -0.456 e. The van der Waals surface area contributed by atoms with Crippen LogP contribution in [0.5, 0.6) is 0 Å². The summed E-state index contributed by atoms with van der Waals surface area (Å²) in [6.45, 7) is 7.25. The second-order valence-corrected chi connectivity index (χ2v) is 7.08. The molecule has 0 spiro atoms. The van der Waals surface area contributed by atoms with E-state index >= 15 is 0 Å². The standard InChI is InChI=1S/C20H28O5/c1-4-5-12-19(2,23)16(11-13-20(3)17(14-21)25-20)24-18(22)15-9-7-6-8-10-15/h4,6-10,16-17,21,23H,1,5,11-14H2,2-3H3/t16-,17?,19-,20?/m0/s1. The van der Waals surface area contributed by atoms with Gasteiger partial charge in [-0.1, -0.05) is 24.3 Å². The number of ether oxygens (including phenoxy) is 2. The zero-order chi connectivity index (χ0) is 18.5. The van der Waals surface area contributed by atoms with E-state index < -0.39 is 23.3 Å². The van der Waals surface area contributed by atoms with Crippen molar-refractivity contribution in [2.24, 2.45) is 0 Å². The van der Waals surface area contributed by atoms with Gasteiger partial charge in [0.05, 0.1) is 23.4 Å². The predicted octanol–water partition coefficient (Wildman–Crippen LogP) is 2.86. The summed E-state index contributed by atoms with van der Waals surface area (Å²) in [4.78, 5) is 12.4. The molecule has 2 N–H and O–H groups in total. The number of rotatable bonds is 10. The van der Waals surface area contributed by atoms with E-state index in [1.807, 2.05) is 13.0 Å². The number of allylic oxidation sites excluding steroid dienone is 1. The van der Waals surface area contributed by atoms with Gasteiger partial charge in [0.25, 0.3) is 0 Å². The largest absolute Gasteiger partial charge is 0.456 e. The highest BCUT2D eigenvalue weighted by molar-refractivity contribution is 5.89. The average Bonchev–Trinajstić information content (AvgIpc) is 3.28. The van der Waals surface area contributed by atoms with Crippen LogP contribution in [0.2, 0.25) is 0 Å². The number of aliphatic hydroxyl groups is 2. The quantitative estimate of drug-likeness (QED) is 0.386. The van der Waals surface area contributed by atoms with E-state index in [9.17, 15) is 15.0 Å². The van der Waals surface area contributed by atoms with Gasteiger partial charge in [-0.25, -0.2) is 4.79 Å². The first-order chi connectivity index (χ1) is 11.8. The first kappa shape index (κ1) is 19.6. The van der Waals surface area contributed by atoms with Crippen LogP contribution >= 0.6 is 0 Å². The monoisotopic (exact) mass is 348 g/mol. The fourth-order valence-corrected chi connectivity index (χ4v) is 2.98. The summed E-state index contributed by atoms with van der Waals surface area (Å²) in [6, 6.07) is 8.74. The zero-order valence-electron chi connectivity index (χ0n) is 15.0. The Balaban J connectivity index is 2.06. The van der Waals surface area contributed by atoms with Gasteiger partial charge in [0.2, 0.25) is 0 Å². The molecule has 0 aromatic heterocycles. The lowest BCUT2D eigenvalue weighted by Gasteiger charge is -2.33. The first-order valence-corrected chi connectivity index (χ1v) is 8.70. The molecule has 1 aliphatic heterocycles. The number of hydrogen-bond donors (Lipinski definition) is 2. The van der Waals surface area contributed by atoms with E-state index in [1.54, 1.807) is 37.3 Å². The normalized spacial score (nSPS) is 25.7. The van der Waals surface area contributed by atoms with Crippen LogP contribution in [-0.2, 0) is 9.47 Å². The Bertz CT molecular complexity index is 583. The van der Waals surface area contributed by atoms with Crippen LogP contribution in [0.25, 0.3) is 0 Å². The van der Waals surface area contributed by atoms with Crippen molar-refractivity contribution in [2.75, 3.05) is 6.61 Å². The number of esters is 1. The molecule has 0 amide bonds. The summed E-state index contributed by atoms with van der Waals surface area (Å²) in [5, 5.41) is 20.0. The van der Waals surface area contributed by atoms with E-state index in [1.165, 1.54) is 0 Å². The lowest BCUT2D eigenvalue weighted by molar-refractivity contribution is -0.0836. The summed E-state index contributed by atoms with van der Waals surface area (Å²) in [5.74, 6) is -0.454. The van der Waals surface area contributed by atoms with Gasteiger partial charge >= 0.3 is 5.97 Å². The summed E-state index contributed by atoms with van der Waals surface area (Å²) in [6.07, 6.45) is 3.00. The second-order valence-electron chi connectivity index (χ2n) is 7.08. The van der Waals surface area contributed by atoms with Gasteiger partial charge in [-0.3, -0.25) is 0 Å². The Hall–Kier alpha value is -1.69. The predicted molar refractivity (Wildman–Crippen MR) is 95.3 cm³/mol. The summed E-state index contributed by atoms with van der Waals surface area (Å²) >= 11 is 0. The molecule has 0 aliphatic carbocycles. The van der Waals surface area contributed by atoms with Crippen LogP contribution < -0.4 is 0 Å². The number of carbonyl (C=O) groups excluding carboxylic acids is 1. The van der Waals surface area contributed by atoms with Gasteiger partial charge in [-0.2, -0.15) is 0 Å². The van der Waals surface area contributed by atoms with Crippen molar-refractivity contribution in [3.8, 4) is 0 Å². The van der Waals surface area contributed by atoms with E-state index in [0.717, 1.165) is 0 Å². The maximum Gasteiger partial charge on any atom is 0.338 e. The molecule has 2 unspecified atom stereocenters. The molecule has 25 heavy (non-hydrogen) atoms. The fraction of sp³-hybridized carbons (Fsp3) is 0.550. The van der Waals surface area contributed by atoms with Crippen LogP contribution in [0.3, 0.4) is 0 Å². The van der Waals surface area contributed by atoms with Gasteiger partial charge in [-0.15, -0.1) is 6.58 Å². The third kappa shape index (κ3) is 5.14. The lowest BCUT2D eigenvalue weighted by Crippen LogP contribution is -2.43. The van der Waals surface area contributed by atoms with E-state index in [0.29, 0.717) is 31.2 Å². The van der Waals surface area contributed by atoms with Crippen molar-refractivity contribution in [3.05, 3.63) is 48.6 Å². The summed E-state index contributed by atoms with van der Waals surface area (Å²) in [5.41, 5.74) is -1.13. The molecule has 2 rings (SSSR count). The van der Waals surface area contributed by atoms with E-state index in [2.05, 4.69) is 6.58 Å². The summed E-state index contributed by atoms with van der Waals surface area (Å²) < 4.78 is 11.1. The Morgan fingerprint density at radius 2 is 2.16 bits per heavy atom. The molecule has 138 valence electrons. The maximum absolute atomic E-state index is 12.4. The van der Waals surface area contributed by atoms with Crippen LogP contribution in [0.4, 0.5) is 0 Å². The molecule has 4 atom stereocenters. The molecule has 5 nitrogen and oxygen atoms in total. The second kappa shape index (κ2) is 8.13. The van der Waals surface area contributed by atoms with Crippen molar-refractivity contribution in [1.82, 2.24) is 0 Å².